The molecule has 0 spiro atoms. The van der Waals surface area contributed by atoms with Crippen LogP contribution in [0, 0.1) is 6.57 Å². The van der Waals surface area contributed by atoms with Crippen molar-refractivity contribution < 1.29 is 4.74 Å². The third-order valence-corrected chi connectivity index (χ3v) is 3.23. The van der Waals surface area contributed by atoms with Gasteiger partial charge >= 0.3 is 0 Å². The zero-order valence-corrected chi connectivity index (χ0v) is 12.1. The Morgan fingerprint density at radius 1 is 1.60 bits per heavy atom. The van der Waals surface area contributed by atoms with Crippen molar-refractivity contribution in [1.82, 2.24) is 14.5 Å². The van der Waals surface area contributed by atoms with E-state index in [2.05, 4.69) is 14.8 Å². The van der Waals surface area contributed by atoms with E-state index < -0.39 is 0 Å². The lowest BCUT2D eigenvalue weighted by atomic mass is 10.4. The van der Waals surface area contributed by atoms with E-state index >= 15 is 0 Å². The van der Waals surface area contributed by atoms with E-state index in [0.29, 0.717) is 30.6 Å². The van der Waals surface area contributed by atoms with Crippen LogP contribution in [0.4, 0.5) is 5.69 Å². The second-order valence-corrected chi connectivity index (χ2v) is 4.96. The topological polar surface area (TPSA) is 64.3 Å². The summed E-state index contributed by atoms with van der Waals surface area (Å²) in [6.07, 6.45) is 2.14. The maximum Gasteiger partial charge on any atom is 0.273 e. The van der Waals surface area contributed by atoms with Gasteiger partial charge in [0.25, 0.3) is 5.56 Å². The second-order valence-electron chi connectivity index (χ2n) is 4.60. The lowest BCUT2D eigenvalue weighted by Gasteiger charge is -2.09. The van der Waals surface area contributed by atoms with Crippen molar-refractivity contribution in [2.75, 3.05) is 6.61 Å². The number of fused-ring (bicyclic) bond motifs is 1. The molecule has 6 nitrogen and oxygen atoms in total. The summed E-state index contributed by atoms with van der Waals surface area (Å²) >= 11 is 6.18. The molecule has 0 aliphatic heterocycles. The van der Waals surface area contributed by atoms with E-state index in [0.717, 1.165) is 0 Å². The Hall–Kier alpha value is -1.84. The van der Waals surface area contributed by atoms with Crippen LogP contribution < -0.4 is 5.56 Å². The smallest absolute Gasteiger partial charge is 0.273 e. The highest BCUT2D eigenvalue weighted by Gasteiger charge is 2.19. The third kappa shape index (κ3) is 2.69. The molecule has 0 amide bonds. The molecule has 2 aromatic heterocycles. The molecule has 2 heterocycles. The third-order valence-electron chi connectivity index (χ3n) is 2.84. The molecule has 7 heteroatoms. The molecular weight excluding hydrogens is 280 g/mol. The van der Waals surface area contributed by atoms with Gasteiger partial charge in [-0.25, -0.2) is 9.83 Å². The fourth-order valence-corrected chi connectivity index (χ4v) is 2.29. The molecule has 0 saturated carbocycles. The normalized spacial score (nSPS) is 11.2. The quantitative estimate of drug-likeness (QED) is 0.681. The van der Waals surface area contributed by atoms with E-state index in [-0.39, 0.29) is 22.5 Å². The molecule has 0 radical (unpaired) electrons. The molecule has 0 bridgehead atoms. The number of rotatable bonds is 5. The van der Waals surface area contributed by atoms with Crippen LogP contribution in [0.2, 0.25) is 5.15 Å². The Morgan fingerprint density at radius 3 is 3.00 bits per heavy atom. The molecule has 0 aliphatic carbocycles. The van der Waals surface area contributed by atoms with Gasteiger partial charge in [0.1, 0.15) is 16.2 Å². The molecule has 2 aromatic rings. The van der Waals surface area contributed by atoms with E-state index in [1.165, 1.54) is 6.33 Å². The fraction of sp³-hybridized carbons (Fsp3) is 0.462. The largest absolute Gasteiger partial charge is 0.379 e. The van der Waals surface area contributed by atoms with Gasteiger partial charge in [0.15, 0.2) is 0 Å². The van der Waals surface area contributed by atoms with Crippen LogP contribution >= 0.6 is 11.6 Å². The summed E-state index contributed by atoms with van der Waals surface area (Å²) in [5.74, 6) is 0. The lowest BCUT2D eigenvalue weighted by Crippen LogP contribution is -2.13. The highest BCUT2D eigenvalue weighted by molar-refractivity contribution is 6.34. The molecule has 0 aromatic carbocycles. The van der Waals surface area contributed by atoms with Crippen LogP contribution in [-0.4, -0.2) is 27.2 Å². The molecular formula is C13H15ClN4O2. The molecule has 2 rings (SSSR count). The van der Waals surface area contributed by atoms with Crippen molar-refractivity contribution >= 4 is 28.3 Å². The molecule has 106 valence electrons. The summed E-state index contributed by atoms with van der Waals surface area (Å²) in [6, 6.07) is 0. The maximum absolute atomic E-state index is 11.9. The predicted molar refractivity (Wildman–Crippen MR) is 77.3 cm³/mol. The first-order valence-corrected chi connectivity index (χ1v) is 6.68. The number of hydrogen-bond donors (Lipinski definition) is 1. The molecule has 0 atom stereocenters. The number of hydrogen-bond acceptors (Lipinski definition) is 3. The Balaban J connectivity index is 2.36. The summed E-state index contributed by atoms with van der Waals surface area (Å²) in [4.78, 5) is 21.8. The van der Waals surface area contributed by atoms with Crippen molar-refractivity contribution in [3.8, 4) is 0 Å². The van der Waals surface area contributed by atoms with Gasteiger partial charge in [-0.3, -0.25) is 4.79 Å². The summed E-state index contributed by atoms with van der Waals surface area (Å²) in [6.45, 7) is 12.2. The SMILES string of the molecule is [C-]#[N+]c1c(Cl)n(CCCOC(C)C)c2c(=O)[nH]cnc12. The molecule has 1 N–H and O–H groups in total. The second kappa shape index (κ2) is 6.07. The highest BCUT2D eigenvalue weighted by Crippen LogP contribution is 2.34. The van der Waals surface area contributed by atoms with Crippen LogP contribution in [-0.2, 0) is 11.3 Å². The Morgan fingerprint density at radius 2 is 2.35 bits per heavy atom. The number of aryl methyl sites for hydroxylation is 1. The minimum atomic E-state index is -0.295. The van der Waals surface area contributed by atoms with Gasteiger partial charge in [0.2, 0.25) is 5.69 Å². The Labute approximate surface area is 121 Å². The Kier molecular flexibility index (Phi) is 4.42. The number of halogens is 1. The monoisotopic (exact) mass is 294 g/mol. The van der Waals surface area contributed by atoms with Gasteiger partial charge in [0.05, 0.1) is 19.0 Å². The van der Waals surface area contributed by atoms with E-state index in [9.17, 15) is 4.79 Å². The molecule has 0 unspecified atom stereocenters. The summed E-state index contributed by atoms with van der Waals surface area (Å²) in [5.41, 5.74) is 0.612. The van der Waals surface area contributed by atoms with Crippen LogP contribution in [0.3, 0.4) is 0 Å². The number of nitrogens with one attached hydrogen (secondary N) is 1. The summed E-state index contributed by atoms with van der Waals surface area (Å²) in [7, 11) is 0. The predicted octanol–water partition coefficient (Wildman–Crippen LogP) is 2.74. The fourth-order valence-electron chi connectivity index (χ4n) is 1.99. The average Bonchev–Trinajstić information content (AvgIpc) is 2.68. The highest BCUT2D eigenvalue weighted by atomic mass is 35.5. The first kappa shape index (κ1) is 14.6. The van der Waals surface area contributed by atoms with Crippen LogP contribution in [0.1, 0.15) is 20.3 Å². The van der Waals surface area contributed by atoms with Crippen LogP contribution in [0.25, 0.3) is 15.9 Å². The maximum atomic E-state index is 11.9. The van der Waals surface area contributed by atoms with Crippen molar-refractivity contribution in [1.29, 1.82) is 0 Å². The molecule has 0 saturated heterocycles. The van der Waals surface area contributed by atoms with Crippen LogP contribution in [0.15, 0.2) is 11.1 Å². The molecule has 20 heavy (non-hydrogen) atoms. The average molecular weight is 295 g/mol. The summed E-state index contributed by atoms with van der Waals surface area (Å²) in [5, 5.41) is 0.253. The standard InChI is InChI=1S/C13H15ClN4O2/c1-8(2)20-6-4-5-18-11-9(10(15-3)12(18)14)16-7-17-13(11)19/h7-8H,4-6H2,1-2H3,(H,16,17,19). The van der Waals surface area contributed by atoms with Gasteiger partial charge in [-0.2, -0.15) is 0 Å². The molecule has 0 fully saturated rings. The van der Waals surface area contributed by atoms with E-state index in [1.54, 1.807) is 4.57 Å². The Bertz CT molecular complexity index is 711. The van der Waals surface area contributed by atoms with E-state index in [4.69, 9.17) is 22.9 Å². The van der Waals surface area contributed by atoms with Gasteiger partial charge < -0.3 is 14.3 Å². The summed E-state index contributed by atoms with van der Waals surface area (Å²) < 4.78 is 7.09. The number of aromatic amines is 1. The van der Waals surface area contributed by atoms with Crippen molar-refractivity contribution in [3.05, 3.63) is 33.3 Å². The molecule has 0 aliphatic rings. The van der Waals surface area contributed by atoms with Crippen molar-refractivity contribution in [3.63, 3.8) is 0 Å². The van der Waals surface area contributed by atoms with Crippen molar-refractivity contribution in [2.24, 2.45) is 0 Å². The zero-order chi connectivity index (χ0) is 14.7. The van der Waals surface area contributed by atoms with E-state index in [1.807, 2.05) is 13.8 Å². The minimum Gasteiger partial charge on any atom is -0.379 e. The van der Waals surface area contributed by atoms with Crippen LogP contribution in [0.5, 0.6) is 0 Å². The van der Waals surface area contributed by atoms with Gasteiger partial charge in [-0.05, 0) is 20.3 Å². The van der Waals surface area contributed by atoms with Gasteiger partial charge in [-0.15, -0.1) is 0 Å². The zero-order valence-electron chi connectivity index (χ0n) is 11.3. The van der Waals surface area contributed by atoms with Crippen molar-refractivity contribution in [2.45, 2.75) is 32.9 Å². The first-order valence-electron chi connectivity index (χ1n) is 6.30. The number of ether oxygens (including phenoxy) is 1. The minimum absolute atomic E-state index is 0.163. The number of H-pyrrole nitrogens is 1. The van der Waals surface area contributed by atoms with Gasteiger partial charge in [0, 0.05) is 13.2 Å². The number of nitrogens with zero attached hydrogens (tertiary/aromatic N) is 3. The lowest BCUT2D eigenvalue weighted by molar-refractivity contribution is 0.0750. The van der Waals surface area contributed by atoms with Gasteiger partial charge in [-0.1, -0.05) is 11.6 Å². The first-order chi connectivity index (χ1) is 9.56. The number of aromatic nitrogens is 3.